The maximum absolute atomic E-state index is 13.2. The molecule has 1 saturated heterocycles. The fourth-order valence-corrected chi connectivity index (χ4v) is 2.15. The van der Waals surface area contributed by atoms with Crippen LogP contribution < -0.4 is 0 Å². The van der Waals surface area contributed by atoms with E-state index in [1.54, 1.807) is 20.8 Å². The molecule has 0 radical (unpaired) electrons. The molecule has 1 heterocycles. The van der Waals surface area contributed by atoms with Crippen LogP contribution in [0.15, 0.2) is 0 Å². The lowest BCUT2D eigenvalue weighted by molar-refractivity contribution is -0.00227. The van der Waals surface area contributed by atoms with Gasteiger partial charge < -0.3 is 4.74 Å². The van der Waals surface area contributed by atoms with E-state index in [2.05, 4.69) is 15.9 Å². The van der Waals surface area contributed by atoms with Crippen molar-refractivity contribution < 1.29 is 18.3 Å². The minimum absolute atomic E-state index is 0.308. The van der Waals surface area contributed by atoms with Crippen molar-refractivity contribution in [2.75, 3.05) is 11.9 Å². The molecule has 0 spiro atoms. The molecule has 0 aromatic carbocycles. The van der Waals surface area contributed by atoms with Crippen molar-refractivity contribution in [1.29, 1.82) is 0 Å². The molecule has 1 atom stereocenters. The molecule has 1 aliphatic heterocycles. The predicted octanol–water partition coefficient (Wildman–Crippen LogP) is 3.03. The minimum Gasteiger partial charge on any atom is -0.444 e. The van der Waals surface area contributed by atoms with Gasteiger partial charge in [0.15, 0.2) is 0 Å². The Balaban J connectivity index is 2.69. The maximum atomic E-state index is 13.2. The van der Waals surface area contributed by atoms with E-state index in [-0.39, 0.29) is 6.42 Å². The van der Waals surface area contributed by atoms with Gasteiger partial charge in [-0.1, -0.05) is 15.9 Å². The molecule has 6 heteroatoms. The van der Waals surface area contributed by atoms with Gasteiger partial charge in [-0.3, -0.25) is 4.90 Å². The zero-order chi connectivity index (χ0) is 12.6. The van der Waals surface area contributed by atoms with Crippen LogP contribution in [-0.2, 0) is 4.74 Å². The fourth-order valence-electron chi connectivity index (χ4n) is 1.57. The number of hydrogen-bond acceptors (Lipinski definition) is 2. The van der Waals surface area contributed by atoms with Crippen LogP contribution in [0.1, 0.15) is 27.2 Å². The highest BCUT2D eigenvalue weighted by Gasteiger charge is 2.47. The van der Waals surface area contributed by atoms with E-state index >= 15 is 0 Å². The molecular weight excluding hydrogens is 284 g/mol. The van der Waals surface area contributed by atoms with Crippen molar-refractivity contribution >= 4 is 22.0 Å². The molecule has 0 unspecified atom stereocenters. The lowest BCUT2D eigenvalue weighted by Crippen LogP contribution is -2.41. The van der Waals surface area contributed by atoms with Crippen LogP contribution in [-0.4, -0.2) is 40.4 Å². The highest BCUT2D eigenvalue weighted by molar-refractivity contribution is 9.09. The molecule has 3 nitrogen and oxygen atoms in total. The van der Waals surface area contributed by atoms with Gasteiger partial charge in [0.05, 0.1) is 12.6 Å². The van der Waals surface area contributed by atoms with Gasteiger partial charge in [-0.05, 0) is 20.8 Å². The van der Waals surface area contributed by atoms with Crippen LogP contribution in [0.5, 0.6) is 0 Å². The Hall–Kier alpha value is -0.390. The number of nitrogens with zero attached hydrogens (tertiary/aromatic N) is 1. The number of hydrogen-bond donors (Lipinski definition) is 0. The molecule has 94 valence electrons. The summed E-state index contributed by atoms with van der Waals surface area (Å²) in [5, 5.41) is 0.335. The second-order valence-electron chi connectivity index (χ2n) is 4.98. The Labute approximate surface area is 102 Å². The Bertz CT molecular complexity index is 278. The molecule has 1 amide bonds. The van der Waals surface area contributed by atoms with Crippen LogP contribution in [0, 0.1) is 0 Å². The summed E-state index contributed by atoms with van der Waals surface area (Å²) in [6.07, 6.45) is -0.980. The first-order valence-corrected chi connectivity index (χ1v) is 6.20. The highest BCUT2D eigenvalue weighted by Crippen LogP contribution is 2.33. The molecule has 0 N–H and O–H groups in total. The van der Waals surface area contributed by atoms with E-state index in [4.69, 9.17) is 4.74 Å². The fraction of sp³-hybridized carbons (Fsp3) is 0.900. The molecule has 16 heavy (non-hydrogen) atoms. The molecule has 1 fully saturated rings. The van der Waals surface area contributed by atoms with Crippen LogP contribution in [0.25, 0.3) is 0 Å². The van der Waals surface area contributed by atoms with Crippen molar-refractivity contribution in [3.63, 3.8) is 0 Å². The second-order valence-corrected chi connectivity index (χ2v) is 5.62. The summed E-state index contributed by atoms with van der Waals surface area (Å²) < 4.78 is 31.4. The SMILES string of the molecule is CC(C)(C)OC(=O)N1CC(F)(F)C[C@@H]1CBr. The topological polar surface area (TPSA) is 29.5 Å². The summed E-state index contributed by atoms with van der Waals surface area (Å²) >= 11 is 3.13. The van der Waals surface area contributed by atoms with Gasteiger partial charge in [0.25, 0.3) is 5.92 Å². The molecule has 1 aliphatic rings. The molecule has 0 saturated carbocycles. The summed E-state index contributed by atoms with van der Waals surface area (Å²) in [5.41, 5.74) is -0.661. The summed E-state index contributed by atoms with van der Waals surface area (Å²) in [6.45, 7) is 4.57. The quantitative estimate of drug-likeness (QED) is 0.697. The summed E-state index contributed by atoms with van der Waals surface area (Å²) in [6, 6.07) is -0.496. The number of carbonyl (C=O) groups is 1. The van der Waals surface area contributed by atoms with Crippen molar-refractivity contribution in [2.45, 2.75) is 44.8 Å². The van der Waals surface area contributed by atoms with Crippen LogP contribution in [0.4, 0.5) is 13.6 Å². The van der Waals surface area contributed by atoms with E-state index in [0.717, 1.165) is 4.90 Å². The summed E-state index contributed by atoms with van der Waals surface area (Å²) in [7, 11) is 0. The number of halogens is 3. The van der Waals surface area contributed by atoms with Gasteiger partial charge in [0.2, 0.25) is 0 Å². The first kappa shape index (κ1) is 13.7. The van der Waals surface area contributed by atoms with Crippen molar-refractivity contribution in [3.05, 3.63) is 0 Å². The Morgan fingerprint density at radius 1 is 1.56 bits per heavy atom. The molecule has 0 bridgehead atoms. The predicted molar refractivity (Wildman–Crippen MR) is 60.1 cm³/mol. The number of ether oxygens (including phenoxy) is 1. The van der Waals surface area contributed by atoms with E-state index in [9.17, 15) is 13.6 Å². The highest BCUT2D eigenvalue weighted by atomic mass is 79.9. The number of alkyl halides is 3. The van der Waals surface area contributed by atoms with Gasteiger partial charge in [-0.25, -0.2) is 13.6 Å². The second kappa shape index (κ2) is 4.47. The van der Waals surface area contributed by atoms with Crippen molar-refractivity contribution in [1.82, 2.24) is 4.90 Å². The molecule has 0 aliphatic carbocycles. The third kappa shape index (κ3) is 3.57. The zero-order valence-corrected chi connectivity index (χ0v) is 11.2. The van der Waals surface area contributed by atoms with E-state index in [1.807, 2.05) is 0 Å². The molecule has 0 aromatic rings. The largest absolute Gasteiger partial charge is 0.444 e. The lowest BCUT2D eigenvalue weighted by Gasteiger charge is -2.27. The molecule has 0 aromatic heterocycles. The van der Waals surface area contributed by atoms with Crippen molar-refractivity contribution in [2.24, 2.45) is 0 Å². The first-order chi connectivity index (χ1) is 7.14. The van der Waals surface area contributed by atoms with E-state index in [1.165, 1.54) is 0 Å². The average Bonchev–Trinajstić information content (AvgIpc) is 2.38. The zero-order valence-electron chi connectivity index (χ0n) is 9.60. The van der Waals surface area contributed by atoms with Gasteiger partial charge in [-0.15, -0.1) is 0 Å². The summed E-state index contributed by atoms with van der Waals surface area (Å²) in [4.78, 5) is 12.8. The Morgan fingerprint density at radius 3 is 2.56 bits per heavy atom. The van der Waals surface area contributed by atoms with Gasteiger partial charge in [0, 0.05) is 11.8 Å². The number of rotatable bonds is 1. The third-order valence-electron chi connectivity index (χ3n) is 2.18. The van der Waals surface area contributed by atoms with Crippen molar-refractivity contribution in [3.8, 4) is 0 Å². The minimum atomic E-state index is -2.81. The standard InChI is InChI=1S/C10H16BrF2NO2/c1-9(2,3)16-8(15)14-6-10(12,13)4-7(14)5-11/h7H,4-6H2,1-3H3/t7-/m1/s1. The monoisotopic (exact) mass is 299 g/mol. The van der Waals surface area contributed by atoms with Gasteiger partial charge in [-0.2, -0.15) is 0 Å². The van der Waals surface area contributed by atoms with Gasteiger partial charge >= 0.3 is 6.09 Å². The lowest BCUT2D eigenvalue weighted by atomic mass is 10.2. The molecule has 1 rings (SSSR count). The van der Waals surface area contributed by atoms with Crippen LogP contribution in [0.3, 0.4) is 0 Å². The van der Waals surface area contributed by atoms with Gasteiger partial charge in [0.1, 0.15) is 5.60 Å². The summed E-state index contributed by atoms with van der Waals surface area (Å²) in [5.74, 6) is -2.81. The van der Waals surface area contributed by atoms with E-state index in [0.29, 0.717) is 5.33 Å². The third-order valence-corrected chi connectivity index (χ3v) is 2.93. The normalized spacial score (nSPS) is 24.6. The smallest absolute Gasteiger partial charge is 0.410 e. The van der Waals surface area contributed by atoms with Crippen LogP contribution >= 0.6 is 15.9 Å². The number of likely N-dealkylation sites (tertiary alicyclic amines) is 1. The maximum Gasteiger partial charge on any atom is 0.410 e. The number of amides is 1. The Kier molecular flexibility index (Phi) is 3.82. The number of carbonyl (C=O) groups excluding carboxylic acids is 1. The Morgan fingerprint density at radius 2 is 2.12 bits per heavy atom. The first-order valence-electron chi connectivity index (χ1n) is 5.08. The average molecular weight is 300 g/mol. The molecular formula is C10H16BrF2NO2. The van der Waals surface area contributed by atoms with E-state index < -0.39 is 30.2 Å². The van der Waals surface area contributed by atoms with Crippen LogP contribution in [0.2, 0.25) is 0 Å².